The van der Waals surface area contributed by atoms with Crippen molar-refractivity contribution < 1.29 is 8.78 Å². The van der Waals surface area contributed by atoms with Crippen LogP contribution in [0.5, 0.6) is 0 Å². The molecule has 2 nitrogen and oxygen atoms in total. The third kappa shape index (κ3) is 4.00. The normalized spacial score (nSPS) is 13.8. The largest absolute Gasteiger partial charge is 0.325 e. The van der Waals surface area contributed by atoms with Crippen molar-refractivity contribution in [1.82, 2.24) is 4.90 Å². The van der Waals surface area contributed by atoms with Gasteiger partial charge in [-0.3, -0.25) is 4.90 Å². The van der Waals surface area contributed by atoms with Gasteiger partial charge in [-0.15, -0.1) is 0 Å². The summed E-state index contributed by atoms with van der Waals surface area (Å²) in [6.07, 6.45) is 0.837. The van der Waals surface area contributed by atoms with Crippen LogP contribution in [0, 0.1) is 0 Å². The average Bonchev–Trinajstić information content (AvgIpc) is 2.04. The van der Waals surface area contributed by atoms with E-state index in [1.165, 1.54) is 0 Å². The Morgan fingerprint density at radius 2 is 1.77 bits per heavy atom. The van der Waals surface area contributed by atoms with Gasteiger partial charge < -0.3 is 5.73 Å². The lowest BCUT2D eigenvalue weighted by Crippen LogP contribution is -2.48. The van der Waals surface area contributed by atoms with Gasteiger partial charge in [-0.1, -0.05) is 6.92 Å². The first-order chi connectivity index (χ1) is 5.75. The molecule has 0 fully saturated rings. The van der Waals surface area contributed by atoms with Crippen molar-refractivity contribution >= 4 is 0 Å². The molecule has 2 N–H and O–H groups in total. The van der Waals surface area contributed by atoms with Crippen LogP contribution >= 0.6 is 0 Å². The summed E-state index contributed by atoms with van der Waals surface area (Å²) >= 11 is 0. The predicted octanol–water partition coefficient (Wildman–Crippen LogP) is 1.70. The predicted molar refractivity (Wildman–Crippen MR) is 51.0 cm³/mol. The second-order valence-electron chi connectivity index (χ2n) is 4.08. The molecule has 0 bridgehead atoms. The Morgan fingerprint density at radius 1 is 1.31 bits per heavy atom. The van der Waals surface area contributed by atoms with E-state index in [2.05, 4.69) is 0 Å². The number of hydrogen-bond acceptors (Lipinski definition) is 2. The fourth-order valence-corrected chi connectivity index (χ4v) is 0.895. The smallest absolute Gasteiger partial charge is 0.272 e. The Balaban J connectivity index is 4.22. The van der Waals surface area contributed by atoms with Gasteiger partial charge in [0.2, 0.25) is 0 Å². The molecule has 0 saturated carbocycles. The monoisotopic (exact) mass is 194 g/mol. The zero-order chi connectivity index (χ0) is 10.7. The lowest BCUT2D eigenvalue weighted by molar-refractivity contribution is -0.0404. The van der Waals surface area contributed by atoms with Gasteiger partial charge in [-0.25, -0.2) is 8.78 Å². The first-order valence-corrected chi connectivity index (χ1v) is 4.54. The van der Waals surface area contributed by atoms with Crippen LogP contribution in [0.1, 0.15) is 27.2 Å². The Bertz CT molecular complexity index is 158. The van der Waals surface area contributed by atoms with E-state index in [4.69, 9.17) is 5.73 Å². The molecule has 0 aliphatic rings. The topological polar surface area (TPSA) is 29.3 Å². The first-order valence-electron chi connectivity index (χ1n) is 4.54. The third-order valence-corrected chi connectivity index (χ3v) is 2.67. The van der Waals surface area contributed by atoms with E-state index in [-0.39, 0.29) is 12.1 Å². The van der Waals surface area contributed by atoms with Gasteiger partial charge in [0.05, 0.1) is 13.1 Å². The molecule has 0 heterocycles. The second-order valence-corrected chi connectivity index (χ2v) is 4.08. The van der Waals surface area contributed by atoms with E-state index in [1.54, 1.807) is 11.9 Å². The Kier molecular flexibility index (Phi) is 4.26. The zero-order valence-corrected chi connectivity index (χ0v) is 8.90. The highest BCUT2D eigenvalue weighted by Crippen LogP contribution is 2.21. The van der Waals surface area contributed by atoms with Gasteiger partial charge in [0, 0.05) is 5.54 Å². The minimum absolute atomic E-state index is 0.196. The van der Waals surface area contributed by atoms with Gasteiger partial charge in [0.15, 0.2) is 0 Å². The molecule has 80 valence electrons. The van der Waals surface area contributed by atoms with E-state index in [0.717, 1.165) is 6.42 Å². The molecule has 13 heavy (non-hydrogen) atoms. The quantitative estimate of drug-likeness (QED) is 0.721. The lowest BCUT2D eigenvalue weighted by Gasteiger charge is -2.36. The maximum atomic E-state index is 12.9. The van der Waals surface area contributed by atoms with E-state index in [9.17, 15) is 8.78 Å². The van der Waals surface area contributed by atoms with Crippen LogP contribution in [0.3, 0.4) is 0 Å². The number of alkyl halides is 2. The molecule has 0 atom stereocenters. The van der Waals surface area contributed by atoms with Crippen molar-refractivity contribution in [2.45, 2.75) is 38.7 Å². The van der Waals surface area contributed by atoms with Crippen LogP contribution in [0.25, 0.3) is 0 Å². The minimum atomic E-state index is -2.78. The number of nitrogens with zero attached hydrogens (tertiary/aromatic N) is 1. The molecule has 0 aromatic carbocycles. The molecule has 0 aliphatic heterocycles. The van der Waals surface area contributed by atoms with Gasteiger partial charge in [-0.05, 0) is 27.3 Å². The number of rotatable bonds is 5. The highest BCUT2D eigenvalue weighted by Gasteiger charge is 2.33. The fourth-order valence-electron chi connectivity index (χ4n) is 0.895. The molecule has 0 radical (unpaired) electrons. The van der Waals surface area contributed by atoms with Gasteiger partial charge in [-0.2, -0.15) is 0 Å². The van der Waals surface area contributed by atoms with E-state index in [1.807, 2.05) is 20.8 Å². The van der Waals surface area contributed by atoms with Crippen LogP contribution < -0.4 is 5.73 Å². The summed E-state index contributed by atoms with van der Waals surface area (Å²) in [4.78, 5) is 1.65. The van der Waals surface area contributed by atoms with Crippen LogP contribution in [0.4, 0.5) is 8.78 Å². The maximum Gasteiger partial charge on any atom is 0.272 e. The summed E-state index contributed by atoms with van der Waals surface area (Å²) in [5.41, 5.74) is 4.77. The van der Waals surface area contributed by atoms with Crippen LogP contribution in [0.15, 0.2) is 0 Å². The molecule has 0 amide bonds. The maximum absolute atomic E-state index is 12.9. The first kappa shape index (κ1) is 12.8. The van der Waals surface area contributed by atoms with E-state index >= 15 is 0 Å². The summed E-state index contributed by atoms with van der Waals surface area (Å²) in [5.74, 6) is -2.78. The van der Waals surface area contributed by atoms with Gasteiger partial charge >= 0.3 is 0 Å². The molecule has 0 aromatic heterocycles. The zero-order valence-electron chi connectivity index (χ0n) is 8.90. The Labute approximate surface area is 79.1 Å². The molecule has 0 aromatic rings. The minimum Gasteiger partial charge on any atom is -0.325 e. The fraction of sp³-hybridized carbons (Fsp3) is 1.00. The number of nitrogens with two attached hydrogens (primary N) is 1. The van der Waals surface area contributed by atoms with Gasteiger partial charge in [0.1, 0.15) is 0 Å². The van der Waals surface area contributed by atoms with E-state index in [0.29, 0.717) is 0 Å². The summed E-state index contributed by atoms with van der Waals surface area (Å²) in [5, 5.41) is 0. The number of halogens is 2. The summed E-state index contributed by atoms with van der Waals surface area (Å²) in [6.45, 7) is 5.01. The van der Waals surface area contributed by atoms with E-state index < -0.39 is 12.5 Å². The van der Waals surface area contributed by atoms with Crippen molar-refractivity contribution in [3.63, 3.8) is 0 Å². The Morgan fingerprint density at radius 3 is 2.08 bits per heavy atom. The average molecular weight is 194 g/mol. The molecule has 0 saturated heterocycles. The lowest BCUT2D eigenvalue weighted by atomic mass is 9.99. The SMILES string of the molecule is CCC(C)(C)N(C)CC(F)(F)CN. The van der Waals surface area contributed by atoms with Crippen molar-refractivity contribution in [1.29, 1.82) is 0 Å². The molecular weight excluding hydrogens is 174 g/mol. The van der Waals surface area contributed by atoms with Crippen molar-refractivity contribution in [2.24, 2.45) is 5.73 Å². The van der Waals surface area contributed by atoms with Crippen molar-refractivity contribution in [3.8, 4) is 0 Å². The highest BCUT2D eigenvalue weighted by molar-refractivity contribution is 4.82. The summed E-state index contributed by atoms with van der Waals surface area (Å²) in [6, 6.07) is 0. The highest BCUT2D eigenvalue weighted by atomic mass is 19.3. The van der Waals surface area contributed by atoms with Crippen LogP contribution in [0.2, 0.25) is 0 Å². The molecule has 0 aliphatic carbocycles. The molecule has 0 rings (SSSR count). The molecule has 0 unspecified atom stereocenters. The summed E-state index contributed by atoms with van der Waals surface area (Å²) < 4.78 is 25.8. The van der Waals surface area contributed by atoms with Crippen molar-refractivity contribution in [3.05, 3.63) is 0 Å². The molecule has 4 heteroatoms. The van der Waals surface area contributed by atoms with Crippen LogP contribution in [-0.4, -0.2) is 36.5 Å². The summed E-state index contributed by atoms with van der Waals surface area (Å²) in [7, 11) is 1.70. The Hall–Kier alpha value is -0.220. The number of hydrogen-bond donors (Lipinski definition) is 1. The molecular formula is C9H20F2N2. The standard InChI is InChI=1S/C9H20F2N2/c1-5-8(2,3)13(4)7-9(10,11)6-12/h5-7,12H2,1-4H3. The second kappa shape index (κ2) is 4.33. The van der Waals surface area contributed by atoms with Crippen LogP contribution in [-0.2, 0) is 0 Å². The van der Waals surface area contributed by atoms with Gasteiger partial charge in [0.25, 0.3) is 5.92 Å². The molecule has 0 spiro atoms. The third-order valence-electron chi connectivity index (χ3n) is 2.67. The van der Waals surface area contributed by atoms with Crippen molar-refractivity contribution in [2.75, 3.05) is 20.1 Å².